The zero-order valence-electron chi connectivity index (χ0n) is 29.2. The lowest BCUT2D eigenvalue weighted by atomic mass is 10.1. The summed E-state index contributed by atoms with van der Waals surface area (Å²) < 4.78 is 206. The van der Waals surface area contributed by atoms with Gasteiger partial charge in [0.15, 0.2) is 42.5 Å². The fraction of sp³-hybridized carbons (Fsp3) is 0.308. The van der Waals surface area contributed by atoms with Gasteiger partial charge in [0.2, 0.25) is 0 Å². The molecular weight excluding hydrogens is 984 g/mol. The number of aromatic nitrogens is 1. The third-order valence-electron chi connectivity index (χ3n) is 7.40. The van der Waals surface area contributed by atoms with Crippen molar-refractivity contribution in [1.29, 1.82) is 0 Å². The highest BCUT2D eigenvalue weighted by molar-refractivity contribution is 7.92. The van der Waals surface area contributed by atoms with Crippen molar-refractivity contribution in [2.24, 2.45) is 4.99 Å². The van der Waals surface area contributed by atoms with Crippen molar-refractivity contribution in [3.8, 4) is 23.0 Å². The molecule has 6 N–H and O–H groups in total. The van der Waals surface area contributed by atoms with Crippen LogP contribution in [0.1, 0.15) is 0 Å². The lowest BCUT2D eigenvalue weighted by Gasteiger charge is -2.26. The van der Waals surface area contributed by atoms with Crippen molar-refractivity contribution >= 4 is 113 Å². The molecule has 2 aliphatic heterocycles. The minimum absolute atomic E-state index is 0.108. The van der Waals surface area contributed by atoms with Gasteiger partial charge in [-0.15, -0.1) is 0 Å². The predicted octanol–water partition coefficient (Wildman–Crippen LogP) is 1.23. The number of anilines is 3. The van der Waals surface area contributed by atoms with Crippen LogP contribution < -0.4 is 20.7 Å². The Bertz CT molecular complexity index is 3090. The van der Waals surface area contributed by atoms with Crippen molar-refractivity contribution in [1.82, 2.24) is 4.98 Å². The van der Waals surface area contributed by atoms with Crippen molar-refractivity contribution in [3.63, 3.8) is 0 Å². The van der Waals surface area contributed by atoms with E-state index in [0.717, 1.165) is 24.3 Å². The van der Waals surface area contributed by atoms with Crippen LogP contribution in [0.4, 0.5) is 17.1 Å². The number of halogens is 2. The molecule has 2 aromatic rings. The number of rotatable bonds is 19. The van der Waals surface area contributed by atoms with Gasteiger partial charge >= 0.3 is 41.6 Å². The predicted molar refractivity (Wildman–Crippen MR) is 203 cm³/mol. The molecule has 1 aliphatic carbocycles. The van der Waals surface area contributed by atoms with Crippen LogP contribution in [0, 0.1) is 0 Å². The highest BCUT2D eigenvalue weighted by Gasteiger charge is 2.32. The lowest BCUT2D eigenvalue weighted by Crippen LogP contribution is -2.23. The first-order valence-corrected chi connectivity index (χ1v) is 25.2. The quantitative estimate of drug-likeness (QED) is 0.0385. The lowest BCUT2D eigenvalue weighted by molar-refractivity contribution is 0.274. The molecule has 332 valence electrons. The van der Waals surface area contributed by atoms with E-state index in [9.17, 15) is 50.5 Å². The fourth-order valence-corrected chi connectivity index (χ4v) is 9.53. The summed E-state index contributed by atoms with van der Waals surface area (Å²) in [7, 11) is -29.0. The number of benzene rings is 3. The molecule has 60 heavy (non-hydrogen) atoms. The van der Waals surface area contributed by atoms with Gasteiger partial charge in [-0.2, -0.15) is 33.7 Å². The Balaban J connectivity index is 1.62. The molecule has 0 radical (unpaired) electrons. The molecule has 0 atom stereocenters. The van der Waals surface area contributed by atoms with Gasteiger partial charge in [0, 0.05) is 18.7 Å². The highest BCUT2D eigenvalue weighted by atomic mass is 35.5. The van der Waals surface area contributed by atoms with Crippen molar-refractivity contribution < 1.29 is 94.6 Å². The first-order valence-electron chi connectivity index (χ1n) is 15.6. The van der Waals surface area contributed by atoms with Gasteiger partial charge in [0.1, 0.15) is 26.9 Å². The van der Waals surface area contributed by atoms with Gasteiger partial charge in [-0.1, -0.05) is 23.2 Å². The van der Waals surface area contributed by atoms with E-state index < -0.39 is 127 Å². The molecule has 3 aliphatic rings. The highest BCUT2D eigenvalue weighted by Crippen LogP contribution is 2.54. The maximum Gasteiger partial charge on any atom is 0.397 e. The average Bonchev–Trinajstić information content (AvgIpc) is 3.10. The third kappa shape index (κ3) is 12.3. The summed E-state index contributed by atoms with van der Waals surface area (Å²) in [6.07, 6.45) is 0. The number of hydrogen-bond acceptors (Lipinski definition) is 22. The number of hydrogen-bond donors (Lipinski definition) is 6. The number of nitrogens with one attached hydrogen (secondary N) is 2. The molecule has 0 unspecified atom stereocenters. The molecule has 0 saturated heterocycles. The summed E-state index contributed by atoms with van der Waals surface area (Å²) in [5.41, 5.74) is -1.30. The molecule has 26 nitrogen and oxygen atoms in total. The Morgan fingerprint density at radius 1 is 0.700 bits per heavy atom. The summed E-state index contributed by atoms with van der Waals surface area (Å²) in [5.74, 6) is -2.69. The van der Waals surface area contributed by atoms with Crippen molar-refractivity contribution in [3.05, 3.63) is 39.7 Å². The average molecular weight is 1010 g/mol. The molecule has 0 fully saturated rings. The fourth-order valence-electron chi connectivity index (χ4n) is 5.09. The number of fused-ring (bicyclic) bond motifs is 4. The molecule has 0 spiro atoms. The third-order valence-corrected chi connectivity index (χ3v) is 13.4. The van der Waals surface area contributed by atoms with Gasteiger partial charge in [-0.05, 0) is 12.1 Å². The molecule has 0 saturated carbocycles. The van der Waals surface area contributed by atoms with E-state index in [1.54, 1.807) is 0 Å². The van der Waals surface area contributed by atoms with Crippen LogP contribution in [0.2, 0.25) is 10.0 Å². The Kier molecular flexibility index (Phi) is 14.0. The van der Waals surface area contributed by atoms with Gasteiger partial charge in [0.05, 0.1) is 71.0 Å². The maximum atomic E-state index is 13.4. The normalized spacial score (nSPS) is 14.1. The Hall–Kier alpha value is -3.58. The van der Waals surface area contributed by atoms with E-state index in [-0.39, 0.29) is 61.2 Å². The Morgan fingerprint density at radius 3 is 1.83 bits per heavy atom. The molecule has 2 heterocycles. The van der Waals surface area contributed by atoms with Crippen LogP contribution in [0.5, 0.6) is 11.5 Å². The van der Waals surface area contributed by atoms with Gasteiger partial charge in [-0.25, -0.2) is 38.6 Å². The molecule has 5 rings (SSSR count). The van der Waals surface area contributed by atoms with E-state index in [4.69, 9.17) is 50.6 Å². The summed E-state index contributed by atoms with van der Waals surface area (Å²) >= 11 is 13.4. The minimum atomic E-state index is -5.04. The Labute approximate surface area is 349 Å². The minimum Gasteiger partial charge on any atom is -0.451 e. The van der Waals surface area contributed by atoms with E-state index in [1.807, 2.05) is 0 Å². The first kappa shape index (κ1) is 47.5. The second kappa shape index (κ2) is 17.7. The summed E-state index contributed by atoms with van der Waals surface area (Å²) in [4.78, 5) is 7.16. The van der Waals surface area contributed by atoms with Crippen LogP contribution >= 0.6 is 23.2 Å². The molecule has 34 heteroatoms. The van der Waals surface area contributed by atoms with Crippen LogP contribution in [-0.4, -0.2) is 125 Å². The molecule has 0 amide bonds. The van der Waals surface area contributed by atoms with Gasteiger partial charge < -0.3 is 19.8 Å². The van der Waals surface area contributed by atoms with Crippen LogP contribution in [0.3, 0.4) is 0 Å². The largest absolute Gasteiger partial charge is 0.451 e. The van der Waals surface area contributed by atoms with Crippen LogP contribution in [0.25, 0.3) is 22.6 Å². The molecule has 0 bridgehead atoms. The van der Waals surface area contributed by atoms with Crippen LogP contribution in [0.15, 0.2) is 43.5 Å². The first-order chi connectivity index (χ1) is 27.5. The standard InChI is InChI=1S/C26H26Cl2N4O22S6/c27-21-24-26(54-18-10-16(30-2-4-50-58(40,41)42)20(12-14(18)32-24)56(35,36)8-6-52-60(46,47)48)22(28)23-25(21)53-17-9-15(29-1-3-49-57(37,38)39)19(11-13(17)31-23)55(33,34)7-5-51-59(43,44)45/h9-12,29,31H,1-8H2,(H,37,38,39)(H,40,41,42)(H,43,44,45)(H,46,47,48). The smallest absolute Gasteiger partial charge is 0.397 e. The van der Waals surface area contributed by atoms with E-state index >= 15 is 0 Å². The van der Waals surface area contributed by atoms with Gasteiger partial charge in [0.25, 0.3) is 0 Å². The van der Waals surface area contributed by atoms with Crippen LogP contribution in [-0.2, 0) is 78.0 Å². The second-order valence-electron chi connectivity index (χ2n) is 11.5. The summed E-state index contributed by atoms with van der Waals surface area (Å²) in [6.45, 7) is -4.57. The maximum absolute atomic E-state index is 13.4. The van der Waals surface area contributed by atoms with Crippen molar-refractivity contribution in [2.45, 2.75) is 9.79 Å². The monoisotopic (exact) mass is 1010 g/mol. The van der Waals surface area contributed by atoms with E-state index in [1.165, 1.54) is 0 Å². The van der Waals surface area contributed by atoms with Gasteiger partial charge in [-0.3, -0.25) is 23.2 Å². The molecule has 2 aromatic carbocycles. The number of ether oxygens (including phenoxy) is 1. The summed E-state index contributed by atoms with van der Waals surface area (Å²) in [6, 6.07) is 4.04. The summed E-state index contributed by atoms with van der Waals surface area (Å²) in [5, 5.41) is 4.36. The molecular formula is C26H26Cl2N4O22S6. The zero-order chi connectivity index (χ0) is 44.6. The Morgan fingerprint density at radius 2 is 1.25 bits per heavy atom. The topological polar surface area (TPSA) is 394 Å². The zero-order valence-corrected chi connectivity index (χ0v) is 35.6. The number of sulfone groups is 2. The van der Waals surface area contributed by atoms with Crippen molar-refractivity contribution in [2.75, 3.05) is 61.7 Å². The second-order valence-corrected chi connectivity index (χ2v) is 20.8. The van der Waals surface area contributed by atoms with E-state index in [2.05, 4.69) is 37.3 Å². The number of nitrogens with zero attached hydrogens (tertiary/aromatic N) is 2. The SMILES string of the molecule is O=S(=O)(O)OCCN=c1cc2oc3c(Cl)c4c(c(Cl)c3nc-2cc1S(=O)(=O)CCOS(=O)(=O)O)Oc1cc(NCCOS(=O)(=O)O)c(S(=O)(=O)CCOS(=O)(=O)O)cc1N4. The van der Waals surface area contributed by atoms with E-state index in [0.29, 0.717) is 0 Å². The molecule has 0 aromatic heterocycles.